The SMILES string of the molecule is CC1(C)OC2C(OCc3ccccc3)[C@H](OCCCN=[N+]=[N-])OC(COCc3ccccc3)[C@@H]2O1. The minimum Gasteiger partial charge on any atom is -0.374 e. The van der Waals surface area contributed by atoms with E-state index in [2.05, 4.69) is 10.0 Å². The van der Waals surface area contributed by atoms with Gasteiger partial charge in [-0.15, -0.1) is 0 Å². The predicted octanol–water partition coefficient (Wildman–Crippen LogP) is 4.75. The Kier molecular flexibility index (Phi) is 9.12. The summed E-state index contributed by atoms with van der Waals surface area (Å²) in [5.74, 6) is -0.791. The van der Waals surface area contributed by atoms with Gasteiger partial charge in [0.15, 0.2) is 12.1 Å². The first-order valence-electron chi connectivity index (χ1n) is 12.0. The molecule has 3 unspecified atom stereocenters. The average Bonchev–Trinajstić information content (AvgIpc) is 3.20. The van der Waals surface area contributed by atoms with Crippen LogP contribution < -0.4 is 0 Å². The number of rotatable bonds is 12. The lowest BCUT2D eigenvalue weighted by Gasteiger charge is -2.41. The van der Waals surface area contributed by atoms with Crippen molar-refractivity contribution in [2.45, 2.75) is 70.0 Å². The van der Waals surface area contributed by atoms with Crippen molar-refractivity contribution in [3.63, 3.8) is 0 Å². The van der Waals surface area contributed by atoms with Crippen molar-refractivity contribution >= 4 is 0 Å². The van der Waals surface area contributed by atoms with Crippen LogP contribution in [-0.4, -0.2) is 56.3 Å². The number of nitrogens with zero attached hydrogens (tertiary/aromatic N) is 3. The zero-order chi connectivity index (χ0) is 24.5. The van der Waals surface area contributed by atoms with Crippen molar-refractivity contribution in [3.8, 4) is 0 Å². The predicted molar refractivity (Wildman–Crippen MR) is 128 cm³/mol. The lowest BCUT2D eigenvalue weighted by atomic mass is 9.99. The van der Waals surface area contributed by atoms with Crippen LogP contribution in [0.15, 0.2) is 65.8 Å². The molecule has 5 atom stereocenters. The largest absolute Gasteiger partial charge is 0.374 e. The Labute approximate surface area is 205 Å². The van der Waals surface area contributed by atoms with Gasteiger partial charge in [-0.3, -0.25) is 0 Å². The van der Waals surface area contributed by atoms with E-state index in [1.54, 1.807) is 0 Å². The van der Waals surface area contributed by atoms with Crippen molar-refractivity contribution in [2.75, 3.05) is 19.8 Å². The van der Waals surface area contributed by atoms with Crippen LogP contribution in [0.3, 0.4) is 0 Å². The monoisotopic (exact) mass is 483 g/mol. The standard InChI is InChI=1S/C26H33N3O6/c1-26(2)34-22-21(18-30-16-19-10-5-3-6-11-19)33-25(31-15-9-14-28-29-27)24(23(22)35-26)32-17-20-12-7-4-8-13-20/h3-8,10-13,21-25H,9,14-18H2,1-2H3/t21?,22-,23?,24?,25+/m0/s1. The molecule has 0 radical (unpaired) electrons. The van der Waals surface area contributed by atoms with Gasteiger partial charge in [-0.1, -0.05) is 65.8 Å². The molecule has 2 saturated heterocycles. The number of hydrogen-bond acceptors (Lipinski definition) is 7. The van der Waals surface area contributed by atoms with Crippen LogP contribution >= 0.6 is 0 Å². The quantitative estimate of drug-likeness (QED) is 0.187. The number of fused-ring (bicyclic) bond motifs is 1. The highest BCUT2D eigenvalue weighted by Crippen LogP contribution is 2.39. The van der Waals surface area contributed by atoms with E-state index in [1.165, 1.54) is 0 Å². The Morgan fingerprint density at radius 2 is 1.57 bits per heavy atom. The molecule has 0 N–H and O–H groups in total. The molecule has 0 aliphatic carbocycles. The molecular formula is C26H33N3O6. The van der Waals surface area contributed by atoms with Gasteiger partial charge < -0.3 is 28.4 Å². The zero-order valence-corrected chi connectivity index (χ0v) is 20.2. The summed E-state index contributed by atoms with van der Waals surface area (Å²) in [5.41, 5.74) is 10.6. The zero-order valence-electron chi connectivity index (χ0n) is 20.2. The molecule has 2 fully saturated rings. The molecule has 2 heterocycles. The molecular weight excluding hydrogens is 450 g/mol. The lowest BCUT2D eigenvalue weighted by Crippen LogP contribution is -2.59. The van der Waals surface area contributed by atoms with Crippen LogP contribution in [-0.2, 0) is 41.6 Å². The first-order chi connectivity index (χ1) is 17.1. The van der Waals surface area contributed by atoms with E-state index in [1.807, 2.05) is 74.5 Å². The Balaban J connectivity index is 1.45. The smallest absolute Gasteiger partial charge is 0.186 e. The Bertz CT molecular complexity index is 954. The van der Waals surface area contributed by atoms with Gasteiger partial charge in [0.05, 0.1) is 19.8 Å². The van der Waals surface area contributed by atoms with Gasteiger partial charge in [0, 0.05) is 18.1 Å². The summed E-state index contributed by atoms with van der Waals surface area (Å²) in [7, 11) is 0. The minimum absolute atomic E-state index is 0.319. The summed E-state index contributed by atoms with van der Waals surface area (Å²) in [6.45, 7) is 5.65. The average molecular weight is 484 g/mol. The summed E-state index contributed by atoms with van der Waals surface area (Å²) in [5, 5.41) is 3.57. The summed E-state index contributed by atoms with van der Waals surface area (Å²) in [4.78, 5) is 2.79. The molecule has 0 aromatic heterocycles. The van der Waals surface area contributed by atoms with Crippen LogP contribution in [0.25, 0.3) is 10.4 Å². The fourth-order valence-electron chi connectivity index (χ4n) is 4.30. The highest BCUT2D eigenvalue weighted by Gasteiger charge is 2.56. The molecule has 2 aliphatic rings. The molecule has 9 heteroatoms. The van der Waals surface area contributed by atoms with Crippen LogP contribution in [0.5, 0.6) is 0 Å². The summed E-state index contributed by atoms with van der Waals surface area (Å²) >= 11 is 0. The maximum absolute atomic E-state index is 8.51. The van der Waals surface area contributed by atoms with Crippen molar-refractivity contribution in [2.24, 2.45) is 5.11 Å². The first kappa shape index (κ1) is 25.6. The summed E-state index contributed by atoms with van der Waals surface area (Å²) in [6.07, 6.45) is -1.79. The van der Waals surface area contributed by atoms with Crippen molar-refractivity contribution < 1.29 is 28.4 Å². The summed E-state index contributed by atoms with van der Waals surface area (Å²) in [6, 6.07) is 19.9. The van der Waals surface area contributed by atoms with Crippen LogP contribution in [0, 0.1) is 0 Å². The second-order valence-corrected chi connectivity index (χ2v) is 9.05. The molecule has 2 aromatic rings. The van der Waals surface area contributed by atoms with Gasteiger partial charge in [-0.05, 0) is 36.9 Å². The van der Waals surface area contributed by atoms with Crippen LogP contribution in [0.1, 0.15) is 31.4 Å². The van der Waals surface area contributed by atoms with Crippen LogP contribution in [0.2, 0.25) is 0 Å². The maximum Gasteiger partial charge on any atom is 0.186 e. The molecule has 2 aromatic carbocycles. The molecule has 35 heavy (non-hydrogen) atoms. The maximum atomic E-state index is 8.51. The third-order valence-corrected chi connectivity index (χ3v) is 5.86. The molecule has 188 valence electrons. The molecule has 0 amide bonds. The van der Waals surface area contributed by atoms with Gasteiger partial charge in [-0.2, -0.15) is 0 Å². The molecule has 0 saturated carbocycles. The van der Waals surface area contributed by atoms with E-state index in [0.717, 1.165) is 11.1 Å². The second kappa shape index (κ2) is 12.5. The van der Waals surface area contributed by atoms with Gasteiger partial charge in [-0.25, -0.2) is 0 Å². The number of ether oxygens (including phenoxy) is 6. The van der Waals surface area contributed by atoms with Crippen molar-refractivity contribution in [1.82, 2.24) is 0 Å². The molecule has 0 spiro atoms. The molecule has 9 nitrogen and oxygen atoms in total. The van der Waals surface area contributed by atoms with Gasteiger partial charge in [0.25, 0.3) is 0 Å². The highest BCUT2D eigenvalue weighted by molar-refractivity contribution is 5.14. The van der Waals surface area contributed by atoms with E-state index in [-0.39, 0.29) is 6.10 Å². The van der Waals surface area contributed by atoms with Crippen molar-refractivity contribution in [3.05, 3.63) is 82.2 Å². The number of azide groups is 1. The fraction of sp³-hybridized carbons (Fsp3) is 0.538. The van der Waals surface area contributed by atoms with E-state index in [9.17, 15) is 0 Å². The first-order valence-corrected chi connectivity index (χ1v) is 12.0. The second-order valence-electron chi connectivity index (χ2n) is 9.05. The Morgan fingerprint density at radius 3 is 2.26 bits per heavy atom. The molecule has 2 aliphatic heterocycles. The van der Waals surface area contributed by atoms with E-state index in [0.29, 0.717) is 39.4 Å². The number of benzene rings is 2. The summed E-state index contributed by atoms with van der Waals surface area (Å²) < 4.78 is 37.3. The third kappa shape index (κ3) is 7.25. The lowest BCUT2D eigenvalue weighted by molar-refractivity contribution is -0.295. The van der Waals surface area contributed by atoms with Crippen LogP contribution in [0.4, 0.5) is 0 Å². The molecule has 4 rings (SSSR count). The van der Waals surface area contributed by atoms with E-state index in [4.69, 9.17) is 34.0 Å². The van der Waals surface area contributed by atoms with Gasteiger partial charge >= 0.3 is 0 Å². The van der Waals surface area contributed by atoms with E-state index < -0.39 is 30.4 Å². The fourth-order valence-corrected chi connectivity index (χ4v) is 4.30. The molecule has 0 bridgehead atoms. The Morgan fingerprint density at radius 1 is 0.914 bits per heavy atom. The van der Waals surface area contributed by atoms with Gasteiger partial charge in [0.1, 0.15) is 24.4 Å². The van der Waals surface area contributed by atoms with E-state index >= 15 is 0 Å². The van der Waals surface area contributed by atoms with Gasteiger partial charge in [0.2, 0.25) is 0 Å². The highest BCUT2D eigenvalue weighted by atomic mass is 16.8. The Hall–Kier alpha value is -2.49. The normalized spacial score (nSPS) is 27.2. The third-order valence-electron chi connectivity index (χ3n) is 5.86. The van der Waals surface area contributed by atoms with Crippen molar-refractivity contribution in [1.29, 1.82) is 0 Å². The minimum atomic E-state index is -0.791. The topological polar surface area (TPSA) is 104 Å². The number of hydrogen-bond donors (Lipinski definition) is 0.